The van der Waals surface area contributed by atoms with Crippen LogP contribution in [0, 0.1) is 11.7 Å². The molecular formula is C20H25FN4O. The fourth-order valence-corrected chi connectivity index (χ4v) is 4.03. The molecule has 26 heavy (non-hydrogen) atoms. The molecule has 6 heteroatoms. The summed E-state index contributed by atoms with van der Waals surface area (Å²) in [4.78, 5) is 21.9. The molecule has 0 bridgehead atoms. The predicted octanol–water partition coefficient (Wildman–Crippen LogP) is 2.42. The first-order valence-corrected chi connectivity index (χ1v) is 9.47. The summed E-state index contributed by atoms with van der Waals surface area (Å²) in [6, 6.07) is 6.48. The van der Waals surface area contributed by atoms with Crippen LogP contribution in [-0.2, 0) is 17.8 Å². The predicted molar refractivity (Wildman–Crippen MR) is 98.1 cm³/mol. The summed E-state index contributed by atoms with van der Waals surface area (Å²) in [7, 11) is 0. The number of carbonyl (C=O) groups is 1. The first-order chi connectivity index (χ1) is 12.7. The maximum absolute atomic E-state index is 13.2. The number of nitrogens with zero attached hydrogens (tertiary/aromatic N) is 4. The molecule has 1 amide bonds. The van der Waals surface area contributed by atoms with Crippen LogP contribution in [0.4, 0.5) is 4.39 Å². The van der Waals surface area contributed by atoms with Gasteiger partial charge in [-0.15, -0.1) is 0 Å². The Balaban J connectivity index is 1.50. The molecule has 1 fully saturated rings. The van der Waals surface area contributed by atoms with Crippen molar-refractivity contribution >= 4 is 5.91 Å². The zero-order valence-corrected chi connectivity index (χ0v) is 15.2. The van der Waals surface area contributed by atoms with Gasteiger partial charge in [0.05, 0.1) is 17.8 Å². The van der Waals surface area contributed by atoms with Crippen molar-refractivity contribution in [3.8, 4) is 11.3 Å². The molecule has 2 aliphatic heterocycles. The van der Waals surface area contributed by atoms with Crippen molar-refractivity contribution < 1.29 is 9.18 Å². The lowest BCUT2D eigenvalue weighted by atomic mass is 9.97. The number of carbonyl (C=O) groups excluding carboxylic acids is 1. The number of imidazole rings is 1. The molecular weight excluding hydrogens is 331 g/mol. The van der Waals surface area contributed by atoms with Gasteiger partial charge < -0.3 is 14.4 Å². The van der Waals surface area contributed by atoms with Crippen LogP contribution in [-0.4, -0.2) is 58.0 Å². The quantitative estimate of drug-likeness (QED) is 0.848. The third-order valence-electron chi connectivity index (χ3n) is 5.68. The number of halogens is 1. The van der Waals surface area contributed by atoms with Gasteiger partial charge in [0.15, 0.2) is 0 Å². The van der Waals surface area contributed by atoms with Gasteiger partial charge in [-0.3, -0.25) is 4.79 Å². The summed E-state index contributed by atoms with van der Waals surface area (Å²) < 4.78 is 15.4. The van der Waals surface area contributed by atoms with E-state index in [2.05, 4.69) is 21.4 Å². The van der Waals surface area contributed by atoms with Gasteiger partial charge >= 0.3 is 0 Å². The average Bonchev–Trinajstić information content (AvgIpc) is 3.11. The highest BCUT2D eigenvalue weighted by Crippen LogP contribution is 2.28. The molecule has 1 aromatic heterocycles. The van der Waals surface area contributed by atoms with Gasteiger partial charge in [0.25, 0.3) is 0 Å². The average molecular weight is 356 g/mol. The molecule has 3 heterocycles. The Bertz CT molecular complexity index is 778. The second kappa shape index (κ2) is 7.19. The van der Waals surface area contributed by atoms with E-state index >= 15 is 0 Å². The van der Waals surface area contributed by atoms with Crippen LogP contribution < -0.4 is 0 Å². The van der Waals surface area contributed by atoms with Gasteiger partial charge in [0.1, 0.15) is 11.6 Å². The number of piperazine rings is 1. The number of fused-ring (bicyclic) bond motifs is 1. The Morgan fingerprint density at radius 1 is 1.19 bits per heavy atom. The molecule has 1 aromatic carbocycles. The van der Waals surface area contributed by atoms with Crippen LogP contribution in [0.5, 0.6) is 0 Å². The molecule has 0 spiro atoms. The zero-order valence-electron chi connectivity index (χ0n) is 15.2. The summed E-state index contributed by atoms with van der Waals surface area (Å²) in [6.07, 6.45) is 3.51. The fraction of sp³-hybridized carbons (Fsp3) is 0.500. The Hall–Kier alpha value is -2.21. The lowest BCUT2D eigenvalue weighted by Gasteiger charge is -2.37. The van der Waals surface area contributed by atoms with Gasteiger partial charge in [0.2, 0.25) is 5.91 Å². The Labute approximate surface area is 153 Å². The van der Waals surface area contributed by atoms with Gasteiger partial charge in [0, 0.05) is 39.1 Å². The highest BCUT2D eigenvalue weighted by atomic mass is 19.1. The fourth-order valence-electron chi connectivity index (χ4n) is 4.03. The Morgan fingerprint density at radius 2 is 1.92 bits per heavy atom. The molecule has 4 rings (SSSR count). The first kappa shape index (κ1) is 17.2. The maximum atomic E-state index is 13.2. The zero-order chi connectivity index (χ0) is 18.1. The molecule has 0 radical (unpaired) electrons. The van der Waals surface area contributed by atoms with E-state index in [9.17, 15) is 9.18 Å². The minimum absolute atomic E-state index is 0.00377. The van der Waals surface area contributed by atoms with Gasteiger partial charge in [-0.2, -0.15) is 0 Å². The molecule has 2 aliphatic rings. The number of benzene rings is 1. The number of likely N-dealkylation sites (N-methyl/N-ethyl adjacent to an activating group) is 1. The normalized spacial score (nSPS) is 20.8. The van der Waals surface area contributed by atoms with Crippen molar-refractivity contribution in [2.45, 2.75) is 26.3 Å². The molecule has 1 unspecified atom stereocenters. The smallest absolute Gasteiger partial charge is 0.227 e. The van der Waals surface area contributed by atoms with Crippen molar-refractivity contribution in [3.63, 3.8) is 0 Å². The van der Waals surface area contributed by atoms with E-state index in [-0.39, 0.29) is 17.6 Å². The second-order valence-corrected chi connectivity index (χ2v) is 7.17. The van der Waals surface area contributed by atoms with Gasteiger partial charge in [-0.25, -0.2) is 9.37 Å². The second-order valence-electron chi connectivity index (χ2n) is 7.17. The molecule has 1 saturated heterocycles. The lowest BCUT2D eigenvalue weighted by molar-refractivity contribution is -0.138. The summed E-state index contributed by atoms with van der Waals surface area (Å²) in [5.41, 5.74) is 1.91. The summed E-state index contributed by atoms with van der Waals surface area (Å²) in [6.45, 7) is 7.45. The van der Waals surface area contributed by atoms with Crippen LogP contribution in [0.1, 0.15) is 19.2 Å². The number of rotatable bonds is 3. The summed E-state index contributed by atoms with van der Waals surface area (Å²) in [5.74, 6) is 1.05. The minimum Gasteiger partial charge on any atom is -0.340 e. The number of hydrogen-bond donors (Lipinski definition) is 0. The van der Waals surface area contributed by atoms with Crippen molar-refractivity contribution in [1.29, 1.82) is 0 Å². The van der Waals surface area contributed by atoms with Crippen LogP contribution >= 0.6 is 0 Å². The van der Waals surface area contributed by atoms with Gasteiger partial charge in [-0.05, 0) is 42.8 Å². The maximum Gasteiger partial charge on any atom is 0.227 e. The van der Waals surface area contributed by atoms with Crippen molar-refractivity contribution in [1.82, 2.24) is 19.4 Å². The van der Waals surface area contributed by atoms with Crippen LogP contribution in [0.15, 0.2) is 30.5 Å². The van der Waals surface area contributed by atoms with Crippen molar-refractivity contribution in [2.75, 3.05) is 32.7 Å². The number of aromatic nitrogens is 2. The van der Waals surface area contributed by atoms with E-state index in [1.54, 1.807) is 12.1 Å². The number of aryl methyl sites for hydroxylation is 1. The number of amides is 1. The first-order valence-electron chi connectivity index (χ1n) is 9.47. The molecule has 0 aliphatic carbocycles. The monoisotopic (exact) mass is 356 g/mol. The highest BCUT2D eigenvalue weighted by molar-refractivity contribution is 5.79. The van der Waals surface area contributed by atoms with E-state index in [1.807, 2.05) is 11.1 Å². The standard InChI is InChI=1S/C20H25FN4O/c1-2-23-9-11-24(12-10-23)20(26)16-5-8-19-22-13-18(25(19)14-16)15-3-6-17(21)7-4-15/h3-4,6-7,13,16H,2,5,8-12,14H2,1H3. The largest absolute Gasteiger partial charge is 0.340 e. The molecule has 0 saturated carbocycles. The van der Waals surface area contributed by atoms with Crippen LogP contribution in [0.2, 0.25) is 0 Å². The van der Waals surface area contributed by atoms with E-state index in [0.29, 0.717) is 6.54 Å². The molecule has 5 nitrogen and oxygen atoms in total. The minimum atomic E-state index is -0.244. The Kier molecular flexibility index (Phi) is 4.76. The molecule has 1 atom stereocenters. The van der Waals surface area contributed by atoms with E-state index in [0.717, 1.165) is 62.6 Å². The summed E-state index contributed by atoms with van der Waals surface area (Å²) in [5, 5.41) is 0. The van der Waals surface area contributed by atoms with Gasteiger partial charge in [-0.1, -0.05) is 6.92 Å². The molecule has 2 aromatic rings. The number of hydrogen-bond acceptors (Lipinski definition) is 3. The highest BCUT2D eigenvalue weighted by Gasteiger charge is 2.31. The summed E-state index contributed by atoms with van der Waals surface area (Å²) >= 11 is 0. The van der Waals surface area contributed by atoms with E-state index in [4.69, 9.17) is 0 Å². The topological polar surface area (TPSA) is 41.4 Å². The van der Waals surface area contributed by atoms with E-state index in [1.165, 1.54) is 12.1 Å². The lowest BCUT2D eigenvalue weighted by Crippen LogP contribution is -2.51. The molecule has 138 valence electrons. The van der Waals surface area contributed by atoms with Crippen molar-refractivity contribution in [3.05, 3.63) is 42.1 Å². The third kappa shape index (κ3) is 3.26. The van der Waals surface area contributed by atoms with E-state index < -0.39 is 0 Å². The Morgan fingerprint density at radius 3 is 2.62 bits per heavy atom. The van der Waals surface area contributed by atoms with Crippen LogP contribution in [0.25, 0.3) is 11.3 Å². The SMILES string of the molecule is CCN1CCN(C(=O)C2CCc3ncc(-c4ccc(F)cc4)n3C2)CC1. The molecule has 0 N–H and O–H groups in total. The van der Waals surface area contributed by atoms with Crippen LogP contribution in [0.3, 0.4) is 0 Å². The van der Waals surface area contributed by atoms with Crippen molar-refractivity contribution in [2.24, 2.45) is 5.92 Å². The third-order valence-corrected chi connectivity index (χ3v) is 5.68.